The number of benzene rings is 2. The summed E-state index contributed by atoms with van der Waals surface area (Å²) >= 11 is 0. The minimum atomic E-state index is -3.25. The summed E-state index contributed by atoms with van der Waals surface area (Å²) in [4.78, 5) is 4.30. The van der Waals surface area contributed by atoms with Gasteiger partial charge in [-0.2, -0.15) is 0 Å². The first-order valence-corrected chi connectivity index (χ1v) is 9.70. The van der Waals surface area contributed by atoms with Gasteiger partial charge in [-0.1, -0.05) is 54.6 Å². The Morgan fingerprint density at radius 3 is 2.23 bits per heavy atom. The van der Waals surface area contributed by atoms with Crippen molar-refractivity contribution in [2.45, 2.75) is 18.7 Å². The van der Waals surface area contributed by atoms with Crippen LogP contribution in [0.4, 0.5) is 0 Å². The normalized spacial score (nSPS) is 11.7. The van der Waals surface area contributed by atoms with Gasteiger partial charge in [0.25, 0.3) is 0 Å². The van der Waals surface area contributed by atoms with Crippen molar-refractivity contribution < 1.29 is 8.42 Å². The van der Waals surface area contributed by atoms with Crippen LogP contribution in [0.25, 0.3) is 0 Å². The standard InChI is InChI=1S/C18H24N4O2S.HI/c1-20-25(23,24)14-17-9-7-16(8-10-17)13-22-18(19)21-12-11-15-5-3-2-4-6-15;/h2-10,20H,11-14H2,1H3,(H3,19,21,22);1H. The SMILES string of the molecule is CNS(=O)(=O)Cc1ccc(CN=C(N)NCCc2ccccc2)cc1.I. The Labute approximate surface area is 172 Å². The highest BCUT2D eigenvalue weighted by Gasteiger charge is 2.07. The molecular weight excluding hydrogens is 463 g/mol. The molecule has 0 saturated heterocycles. The molecule has 0 atom stereocenters. The zero-order valence-electron chi connectivity index (χ0n) is 14.7. The zero-order chi connectivity index (χ0) is 18.1. The van der Waals surface area contributed by atoms with Gasteiger partial charge in [-0.15, -0.1) is 24.0 Å². The summed E-state index contributed by atoms with van der Waals surface area (Å²) in [7, 11) is -1.84. The molecule has 0 saturated carbocycles. The molecule has 4 N–H and O–H groups in total. The van der Waals surface area contributed by atoms with Gasteiger partial charge in [0.1, 0.15) is 0 Å². The molecule has 0 aliphatic rings. The summed E-state index contributed by atoms with van der Waals surface area (Å²) in [5, 5.41) is 3.09. The van der Waals surface area contributed by atoms with Crippen molar-refractivity contribution in [2.24, 2.45) is 10.7 Å². The average molecular weight is 488 g/mol. The molecule has 0 aromatic heterocycles. The number of nitrogens with one attached hydrogen (secondary N) is 2. The second-order valence-corrected chi connectivity index (χ2v) is 7.57. The molecule has 6 nitrogen and oxygen atoms in total. The van der Waals surface area contributed by atoms with Crippen LogP contribution < -0.4 is 15.8 Å². The summed E-state index contributed by atoms with van der Waals surface area (Å²) in [6.45, 7) is 1.17. The van der Waals surface area contributed by atoms with Crippen LogP contribution in [0.5, 0.6) is 0 Å². The molecule has 8 heteroatoms. The van der Waals surface area contributed by atoms with Gasteiger partial charge in [0.05, 0.1) is 12.3 Å². The Bertz CT molecular complexity index is 794. The van der Waals surface area contributed by atoms with Crippen LogP contribution in [-0.4, -0.2) is 28.0 Å². The van der Waals surface area contributed by atoms with E-state index in [4.69, 9.17) is 5.73 Å². The van der Waals surface area contributed by atoms with Gasteiger partial charge in [0.2, 0.25) is 10.0 Å². The number of nitrogens with zero attached hydrogens (tertiary/aromatic N) is 1. The van der Waals surface area contributed by atoms with E-state index in [1.54, 1.807) is 12.1 Å². The molecule has 0 radical (unpaired) electrons. The predicted octanol–water partition coefficient (Wildman–Crippen LogP) is 2.00. The van der Waals surface area contributed by atoms with E-state index in [-0.39, 0.29) is 29.7 Å². The van der Waals surface area contributed by atoms with Crippen molar-refractivity contribution in [3.63, 3.8) is 0 Å². The quantitative estimate of drug-likeness (QED) is 0.301. The number of halogens is 1. The largest absolute Gasteiger partial charge is 0.370 e. The van der Waals surface area contributed by atoms with Crippen molar-refractivity contribution in [1.82, 2.24) is 10.0 Å². The Balaban J connectivity index is 0.00000338. The first-order valence-electron chi connectivity index (χ1n) is 8.05. The lowest BCUT2D eigenvalue weighted by Gasteiger charge is -2.06. The predicted molar refractivity (Wildman–Crippen MR) is 117 cm³/mol. The third-order valence-electron chi connectivity index (χ3n) is 3.69. The summed E-state index contributed by atoms with van der Waals surface area (Å²) in [5.41, 5.74) is 8.82. The minimum absolute atomic E-state index is 0. The number of sulfonamides is 1. The van der Waals surface area contributed by atoms with Gasteiger partial charge in [-0.3, -0.25) is 0 Å². The Morgan fingerprint density at radius 2 is 1.62 bits per heavy atom. The smallest absolute Gasteiger partial charge is 0.215 e. The molecule has 142 valence electrons. The lowest BCUT2D eigenvalue weighted by atomic mass is 10.1. The van der Waals surface area contributed by atoms with Crippen molar-refractivity contribution in [3.05, 3.63) is 71.3 Å². The molecule has 0 aliphatic carbocycles. The van der Waals surface area contributed by atoms with Crippen LogP contribution in [0.1, 0.15) is 16.7 Å². The van der Waals surface area contributed by atoms with Gasteiger partial charge < -0.3 is 11.1 Å². The highest BCUT2D eigenvalue weighted by atomic mass is 127. The minimum Gasteiger partial charge on any atom is -0.370 e. The summed E-state index contributed by atoms with van der Waals surface area (Å²) in [5.74, 6) is 0.369. The van der Waals surface area contributed by atoms with Gasteiger partial charge in [0, 0.05) is 6.54 Å². The Hall–Kier alpha value is -1.65. The molecule has 26 heavy (non-hydrogen) atoms. The molecule has 0 unspecified atom stereocenters. The summed E-state index contributed by atoms with van der Waals surface area (Å²) in [6.07, 6.45) is 0.881. The molecule has 2 aromatic carbocycles. The molecular formula is C18H25IN4O2S. The van der Waals surface area contributed by atoms with Crippen molar-refractivity contribution in [2.75, 3.05) is 13.6 Å². The van der Waals surface area contributed by atoms with Crippen molar-refractivity contribution in [3.8, 4) is 0 Å². The number of guanidine groups is 1. The van der Waals surface area contributed by atoms with Crippen LogP contribution in [0, 0.1) is 0 Å². The molecule has 0 amide bonds. The topological polar surface area (TPSA) is 96.6 Å². The van der Waals surface area contributed by atoms with Crippen LogP contribution in [0.15, 0.2) is 59.6 Å². The lowest BCUT2D eigenvalue weighted by molar-refractivity contribution is 0.587. The maximum atomic E-state index is 11.5. The van der Waals surface area contributed by atoms with Gasteiger partial charge in [0.15, 0.2) is 5.96 Å². The van der Waals surface area contributed by atoms with Crippen LogP contribution >= 0.6 is 24.0 Å². The highest BCUT2D eigenvalue weighted by molar-refractivity contribution is 14.0. The van der Waals surface area contributed by atoms with Gasteiger partial charge >= 0.3 is 0 Å². The van der Waals surface area contributed by atoms with Gasteiger partial charge in [-0.05, 0) is 30.2 Å². The van der Waals surface area contributed by atoms with E-state index in [1.807, 2.05) is 30.3 Å². The van der Waals surface area contributed by atoms with E-state index < -0.39 is 10.0 Å². The fourth-order valence-corrected chi connectivity index (χ4v) is 3.02. The van der Waals surface area contributed by atoms with E-state index in [1.165, 1.54) is 12.6 Å². The highest BCUT2D eigenvalue weighted by Crippen LogP contribution is 2.08. The van der Waals surface area contributed by atoms with Gasteiger partial charge in [-0.25, -0.2) is 18.1 Å². The van der Waals surface area contributed by atoms with Crippen molar-refractivity contribution in [1.29, 1.82) is 0 Å². The van der Waals surface area contributed by atoms with E-state index in [9.17, 15) is 8.42 Å². The van der Waals surface area contributed by atoms with Crippen LogP contribution in [0.2, 0.25) is 0 Å². The van der Waals surface area contributed by atoms with Crippen LogP contribution in [0.3, 0.4) is 0 Å². The molecule has 0 spiro atoms. The number of hydrogen-bond acceptors (Lipinski definition) is 3. The fraction of sp³-hybridized carbons (Fsp3) is 0.278. The summed E-state index contributed by atoms with van der Waals surface area (Å²) < 4.78 is 25.3. The average Bonchev–Trinajstić information content (AvgIpc) is 2.62. The first kappa shape index (κ1) is 22.4. The number of nitrogens with two attached hydrogens (primary N) is 1. The van der Waals surface area contributed by atoms with E-state index in [0.29, 0.717) is 12.5 Å². The first-order chi connectivity index (χ1) is 12.0. The molecule has 0 fully saturated rings. The molecule has 0 heterocycles. The van der Waals surface area contributed by atoms with Crippen LogP contribution in [-0.2, 0) is 28.7 Å². The third kappa shape index (κ3) is 8.15. The second kappa shape index (κ2) is 11.1. The number of hydrogen-bond donors (Lipinski definition) is 3. The second-order valence-electron chi connectivity index (χ2n) is 5.64. The zero-order valence-corrected chi connectivity index (χ0v) is 17.8. The Morgan fingerprint density at radius 1 is 1.00 bits per heavy atom. The monoisotopic (exact) mass is 488 g/mol. The molecule has 2 aromatic rings. The summed E-state index contributed by atoms with van der Waals surface area (Å²) in [6, 6.07) is 17.5. The molecule has 0 aliphatic heterocycles. The number of aliphatic imine (C=N–C) groups is 1. The van der Waals surface area contributed by atoms with E-state index >= 15 is 0 Å². The number of rotatable bonds is 8. The third-order valence-corrected chi connectivity index (χ3v) is 5.02. The lowest BCUT2D eigenvalue weighted by Crippen LogP contribution is -2.33. The Kier molecular flexibility index (Phi) is 9.60. The van der Waals surface area contributed by atoms with E-state index in [2.05, 4.69) is 27.2 Å². The van der Waals surface area contributed by atoms with E-state index in [0.717, 1.165) is 24.1 Å². The van der Waals surface area contributed by atoms with Crippen molar-refractivity contribution >= 4 is 40.0 Å². The maximum Gasteiger partial charge on any atom is 0.215 e. The molecule has 0 bridgehead atoms. The maximum absolute atomic E-state index is 11.5. The fourth-order valence-electron chi connectivity index (χ4n) is 2.24. The molecule has 2 rings (SSSR count).